The van der Waals surface area contributed by atoms with E-state index in [-0.39, 0.29) is 63.8 Å². The Hall–Kier alpha value is -7.11. The number of nitrogens with zero attached hydrogens (tertiary/aromatic N) is 5. The van der Waals surface area contributed by atoms with Crippen molar-refractivity contribution in [2.24, 2.45) is 16.5 Å². The minimum absolute atomic E-state index is 0.0249. The number of oxazole rings is 1. The first-order valence-electron chi connectivity index (χ1n) is 19.5. The monoisotopic (exact) mass is 852 g/mol. The highest BCUT2D eigenvalue weighted by Gasteiger charge is 2.33. The molecule has 3 aromatic rings. The zero-order valence-electron chi connectivity index (χ0n) is 33.7. The summed E-state index contributed by atoms with van der Waals surface area (Å²) >= 11 is 0. The predicted molar refractivity (Wildman–Crippen MR) is 213 cm³/mol. The summed E-state index contributed by atoms with van der Waals surface area (Å²) in [4.78, 5) is 99.4. The van der Waals surface area contributed by atoms with Gasteiger partial charge in [-0.2, -0.15) is 0 Å². The van der Waals surface area contributed by atoms with Crippen molar-refractivity contribution in [1.82, 2.24) is 57.2 Å². The Labute approximate surface area is 349 Å². The highest BCUT2D eigenvalue weighted by molar-refractivity contribution is 5.96. The number of unbranched alkanes of at least 4 members (excludes halogenated alkanes) is 1. The number of alkyl carbamates (subject to hydrolysis) is 1. The number of carbonyl (C=O) groups excluding carboxylic acids is 7. The minimum atomic E-state index is -1.62. The van der Waals surface area contributed by atoms with E-state index in [2.05, 4.69) is 57.5 Å². The fourth-order valence-electron chi connectivity index (χ4n) is 5.77. The lowest BCUT2D eigenvalue weighted by atomic mass is 10.1. The third-order valence-corrected chi connectivity index (χ3v) is 9.13. The van der Waals surface area contributed by atoms with Crippen LogP contribution in [0, 0.1) is 0 Å². The lowest BCUT2D eigenvalue weighted by Gasteiger charge is -2.27. The maximum atomic E-state index is 13.7. The first-order valence-corrected chi connectivity index (χ1v) is 19.5. The molecule has 12 N–H and O–H groups in total. The molecule has 1 aliphatic rings. The van der Waals surface area contributed by atoms with Gasteiger partial charge in [-0.25, -0.2) is 19.5 Å². The van der Waals surface area contributed by atoms with E-state index in [1.165, 1.54) is 30.9 Å². The molecule has 4 rings (SSSR count). The highest BCUT2D eigenvalue weighted by atomic mass is 16.5. The maximum absolute atomic E-state index is 13.7. The van der Waals surface area contributed by atoms with Crippen molar-refractivity contribution < 1.29 is 47.8 Å². The van der Waals surface area contributed by atoms with Crippen LogP contribution >= 0.6 is 0 Å². The van der Waals surface area contributed by atoms with Crippen LogP contribution in [0.1, 0.15) is 67.8 Å². The zero-order valence-corrected chi connectivity index (χ0v) is 33.7. The van der Waals surface area contributed by atoms with Crippen molar-refractivity contribution in [2.45, 2.75) is 102 Å². The van der Waals surface area contributed by atoms with Crippen molar-refractivity contribution >= 4 is 47.5 Å². The van der Waals surface area contributed by atoms with Crippen LogP contribution in [0.25, 0.3) is 0 Å². The average Bonchev–Trinajstić information content (AvgIpc) is 3.94. The Morgan fingerprint density at radius 1 is 1.07 bits per heavy atom. The van der Waals surface area contributed by atoms with Gasteiger partial charge in [0.1, 0.15) is 42.5 Å². The van der Waals surface area contributed by atoms with Crippen molar-refractivity contribution in [1.29, 1.82) is 0 Å². The van der Waals surface area contributed by atoms with Gasteiger partial charge in [0.25, 0.3) is 5.91 Å². The first kappa shape index (κ1) is 46.6. The molecule has 61 heavy (non-hydrogen) atoms. The third kappa shape index (κ3) is 15.5. The van der Waals surface area contributed by atoms with Crippen molar-refractivity contribution in [3.63, 3.8) is 0 Å². The second-order valence-electron chi connectivity index (χ2n) is 14.1. The molecular weight excluding hydrogens is 800 g/mol. The lowest BCUT2D eigenvalue weighted by Crippen LogP contribution is -2.60. The number of carbonyl (C=O) groups is 7. The number of rotatable bonds is 13. The van der Waals surface area contributed by atoms with E-state index in [0.29, 0.717) is 24.1 Å². The topological polar surface area (TPSA) is 354 Å². The summed E-state index contributed by atoms with van der Waals surface area (Å²) in [7, 11) is 0. The summed E-state index contributed by atoms with van der Waals surface area (Å²) in [6.07, 6.45) is 2.61. The Kier molecular flexibility index (Phi) is 17.9. The largest absolute Gasteiger partial charge is 0.445 e. The van der Waals surface area contributed by atoms with Gasteiger partial charge in [-0.3, -0.25) is 28.8 Å². The SMILES string of the molecule is C[C@@H]1NC(=O)[C@H]([C@H](C)O)NC(=O)[C@@H](NC(=O)OCc2ccccc2)Cn2cc(nn2)CN=C(N)NCCC[C@H](C(=O)N[C@@H](CCCCNC(=O)c2cnco2)C(N)=O)NC1=O. The van der Waals surface area contributed by atoms with Crippen molar-refractivity contribution in [3.05, 3.63) is 66.1 Å². The number of hydrogen-bond acceptors (Lipinski definition) is 16. The summed E-state index contributed by atoms with van der Waals surface area (Å²) in [6, 6.07) is 2.09. The summed E-state index contributed by atoms with van der Waals surface area (Å²) in [5.41, 5.74) is 12.7. The fourth-order valence-corrected chi connectivity index (χ4v) is 5.77. The number of guanidine groups is 1. The quantitative estimate of drug-likeness (QED) is 0.0776. The van der Waals surface area contributed by atoms with Gasteiger partial charge in [-0.1, -0.05) is 35.5 Å². The zero-order chi connectivity index (χ0) is 44.3. The molecule has 0 radical (unpaired) electrons. The number of aliphatic hydroxyl groups is 1. The van der Waals surface area contributed by atoms with Crippen LogP contribution in [0.15, 0.2) is 58.5 Å². The number of fused-ring (bicyclic) bond motifs is 2. The number of ether oxygens (including phenoxy) is 1. The van der Waals surface area contributed by atoms with E-state index in [1.807, 2.05) is 0 Å². The Morgan fingerprint density at radius 2 is 1.84 bits per heavy atom. The van der Waals surface area contributed by atoms with Gasteiger partial charge in [0.2, 0.25) is 35.3 Å². The number of aromatic nitrogens is 4. The summed E-state index contributed by atoms with van der Waals surface area (Å²) in [5.74, 6) is -4.67. The Balaban J connectivity index is 1.46. The van der Waals surface area contributed by atoms with Gasteiger partial charge in [0.15, 0.2) is 12.4 Å². The first-order chi connectivity index (χ1) is 29.2. The van der Waals surface area contributed by atoms with Gasteiger partial charge in [0, 0.05) is 13.1 Å². The summed E-state index contributed by atoms with van der Waals surface area (Å²) in [6.45, 7) is 2.57. The molecule has 1 aliphatic heterocycles. The standard InChI is InChI=1S/C37H52N14O10/c1-21-31(54)46-26(32(55)45-25(30(38)53)11-6-7-13-41-34(57)28-16-40-20-61-28)12-8-14-42-36(39)43-15-24-17-51(50-49-24)18-27(33(56)48-29(22(2)52)35(58)44-21)47-37(59)60-19-23-9-4-3-5-10-23/h3-5,9-10,16-17,20-22,25-27,29,52H,6-8,11-15,18-19H2,1-2H3,(H2,38,53)(H,41,57)(H,44,58)(H,45,55)(H,46,54)(H,47,59)(H,48,56)(H3,39,42,43)/t21-,22-,25-,26+,27-,29-/m0/s1. The fraction of sp³-hybridized carbons (Fsp3) is 0.486. The number of amides is 7. The molecule has 0 aliphatic carbocycles. The van der Waals surface area contributed by atoms with Crippen LogP contribution in [0.4, 0.5) is 4.79 Å². The van der Waals surface area contributed by atoms with E-state index >= 15 is 0 Å². The van der Waals surface area contributed by atoms with Gasteiger partial charge >= 0.3 is 6.09 Å². The number of primary amides is 1. The number of aliphatic hydroxyl groups excluding tert-OH is 1. The van der Waals surface area contributed by atoms with Crippen molar-refractivity contribution in [3.8, 4) is 0 Å². The minimum Gasteiger partial charge on any atom is -0.445 e. The lowest BCUT2D eigenvalue weighted by molar-refractivity contribution is -0.135. The van der Waals surface area contributed by atoms with Crippen LogP contribution in [0.3, 0.4) is 0 Å². The van der Waals surface area contributed by atoms with Crippen LogP contribution in [0.2, 0.25) is 0 Å². The maximum Gasteiger partial charge on any atom is 0.408 e. The van der Waals surface area contributed by atoms with E-state index < -0.39 is 77.8 Å². The summed E-state index contributed by atoms with van der Waals surface area (Å²) in [5, 5.41) is 36.7. The number of nitrogens with one attached hydrogen (secondary N) is 7. The second-order valence-corrected chi connectivity index (χ2v) is 14.1. The van der Waals surface area contributed by atoms with E-state index in [0.717, 1.165) is 6.39 Å². The van der Waals surface area contributed by atoms with E-state index in [9.17, 15) is 38.7 Å². The average molecular weight is 853 g/mol. The van der Waals surface area contributed by atoms with E-state index in [4.69, 9.17) is 20.6 Å². The molecule has 0 saturated heterocycles. The van der Waals surface area contributed by atoms with Crippen LogP contribution in [0.5, 0.6) is 0 Å². The molecule has 24 heteroatoms. The van der Waals surface area contributed by atoms with Gasteiger partial charge in [-0.05, 0) is 51.5 Å². The van der Waals surface area contributed by atoms with E-state index in [1.54, 1.807) is 30.3 Å². The van der Waals surface area contributed by atoms with Gasteiger partial charge in [-0.15, -0.1) is 5.10 Å². The Bertz CT molecular complexity index is 1970. The van der Waals surface area contributed by atoms with Crippen LogP contribution in [-0.4, -0.2) is 122 Å². The van der Waals surface area contributed by atoms with Crippen LogP contribution in [-0.2, 0) is 48.4 Å². The summed E-state index contributed by atoms with van der Waals surface area (Å²) < 4.78 is 11.5. The molecule has 1 aromatic carbocycles. The molecule has 6 atom stereocenters. The number of benzene rings is 1. The molecule has 24 nitrogen and oxygen atoms in total. The predicted octanol–water partition coefficient (Wildman–Crippen LogP) is -2.82. The molecule has 330 valence electrons. The van der Waals surface area contributed by atoms with Crippen LogP contribution < -0.4 is 48.7 Å². The number of nitrogens with two attached hydrogens (primary N) is 2. The molecule has 0 fully saturated rings. The smallest absolute Gasteiger partial charge is 0.408 e. The number of hydrogen-bond donors (Lipinski definition) is 10. The molecule has 0 unspecified atom stereocenters. The van der Waals surface area contributed by atoms with Gasteiger partial charge in [0.05, 0.1) is 31.6 Å². The highest BCUT2D eigenvalue weighted by Crippen LogP contribution is 2.07. The normalized spacial score (nSPS) is 20.4. The molecule has 3 heterocycles. The molecular formula is C37H52N14O10. The van der Waals surface area contributed by atoms with Gasteiger partial charge < -0.3 is 62.9 Å². The number of aliphatic imine (C=N–C) groups is 1. The molecule has 0 spiro atoms. The third-order valence-electron chi connectivity index (χ3n) is 9.13. The molecule has 2 aromatic heterocycles. The molecule has 7 amide bonds. The molecule has 0 saturated carbocycles. The van der Waals surface area contributed by atoms with Crippen molar-refractivity contribution in [2.75, 3.05) is 13.1 Å². The Morgan fingerprint density at radius 3 is 2.54 bits per heavy atom. The molecule has 2 bridgehead atoms. The second kappa shape index (κ2) is 23.5.